The number of hydrogen-bond acceptors (Lipinski definition) is 3. The number of esters is 1. The zero-order valence-corrected chi connectivity index (χ0v) is 8.65. The van der Waals surface area contributed by atoms with Crippen molar-refractivity contribution in [2.45, 2.75) is 6.92 Å². The van der Waals surface area contributed by atoms with Gasteiger partial charge in [-0.3, -0.25) is 0 Å². The van der Waals surface area contributed by atoms with Crippen molar-refractivity contribution in [3.8, 4) is 6.07 Å². The summed E-state index contributed by atoms with van der Waals surface area (Å²) in [5.74, 6) is -0.348. The quantitative estimate of drug-likeness (QED) is 0.544. The van der Waals surface area contributed by atoms with Gasteiger partial charge in [-0.2, -0.15) is 5.26 Å². The molecule has 15 heavy (non-hydrogen) atoms. The van der Waals surface area contributed by atoms with Gasteiger partial charge in [0.05, 0.1) is 18.7 Å². The summed E-state index contributed by atoms with van der Waals surface area (Å²) in [4.78, 5) is 11.1. The maximum absolute atomic E-state index is 11.1. The molecule has 0 bridgehead atoms. The number of methoxy groups -OCH3 is 1. The maximum Gasteiger partial charge on any atom is 0.333 e. The molecule has 0 radical (unpaired) electrons. The predicted octanol–water partition coefficient (Wildman–Crippen LogP) is 2.13. The standard InChI is InChI=1S/C12H11NO2/c1-9(12(14)15-2)7-10-3-5-11(8-13)6-4-10/h3-7H,1-2H3/b9-7+. The molecule has 3 nitrogen and oxygen atoms in total. The molecule has 1 aromatic rings. The number of carbonyl (C=O) groups excluding carboxylic acids is 1. The Balaban J connectivity index is 2.90. The molecule has 1 aromatic carbocycles. The average Bonchev–Trinajstić information content (AvgIpc) is 2.29. The summed E-state index contributed by atoms with van der Waals surface area (Å²) in [6.45, 7) is 1.68. The molecular weight excluding hydrogens is 190 g/mol. The van der Waals surface area contributed by atoms with Crippen LogP contribution >= 0.6 is 0 Å². The highest BCUT2D eigenvalue weighted by Gasteiger charge is 2.02. The molecule has 0 amide bonds. The van der Waals surface area contributed by atoms with Crippen molar-refractivity contribution >= 4 is 12.0 Å². The van der Waals surface area contributed by atoms with Crippen molar-refractivity contribution in [2.75, 3.05) is 7.11 Å². The number of rotatable bonds is 2. The van der Waals surface area contributed by atoms with Crippen molar-refractivity contribution in [1.29, 1.82) is 5.26 Å². The Morgan fingerprint density at radius 2 is 2.00 bits per heavy atom. The molecule has 0 aromatic heterocycles. The van der Waals surface area contributed by atoms with Crippen molar-refractivity contribution in [2.24, 2.45) is 0 Å². The molecule has 0 saturated carbocycles. The van der Waals surface area contributed by atoms with E-state index in [0.717, 1.165) is 5.56 Å². The van der Waals surface area contributed by atoms with Crippen LogP contribution in [0.5, 0.6) is 0 Å². The second-order valence-electron chi connectivity index (χ2n) is 3.05. The summed E-state index contributed by atoms with van der Waals surface area (Å²) in [6.07, 6.45) is 1.72. The minimum atomic E-state index is -0.348. The van der Waals surface area contributed by atoms with E-state index in [2.05, 4.69) is 4.74 Å². The summed E-state index contributed by atoms with van der Waals surface area (Å²) in [5.41, 5.74) is 2.00. The third-order valence-corrected chi connectivity index (χ3v) is 1.93. The van der Waals surface area contributed by atoms with Gasteiger partial charge >= 0.3 is 5.97 Å². The van der Waals surface area contributed by atoms with Crippen LogP contribution in [0.2, 0.25) is 0 Å². The molecule has 0 spiro atoms. The van der Waals surface area contributed by atoms with E-state index in [-0.39, 0.29) is 5.97 Å². The summed E-state index contributed by atoms with van der Waals surface area (Å²) >= 11 is 0. The highest BCUT2D eigenvalue weighted by atomic mass is 16.5. The van der Waals surface area contributed by atoms with E-state index in [1.165, 1.54) is 7.11 Å². The Labute approximate surface area is 88.6 Å². The van der Waals surface area contributed by atoms with Crippen LogP contribution in [0.15, 0.2) is 29.8 Å². The lowest BCUT2D eigenvalue weighted by Crippen LogP contribution is -2.00. The van der Waals surface area contributed by atoms with Crippen molar-refractivity contribution in [3.63, 3.8) is 0 Å². The first-order chi connectivity index (χ1) is 7.17. The van der Waals surface area contributed by atoms with E-state index >= 15 is 0 Å². The molecular formula is C12H11NO2. The van der Waals surface area contributed by atoms with Crippen LogP contribution in [0.1, 0.15) is 18.1 Å². The smallest absolute Gasteiger partial charge is 0.333 e. The fraction of sp³-hybridized carbons (Fsp3) is 0.167. The number of benzene rings is 1. The molecule has 0 unspecified atom stereocenters. The second kappa shape index (κ2) is 4.97. The fourth-order valence-corrected chi connectivity index (χ4v) is 1.12. The van der Waals surface area contributed by atoms with Gasteiger partial charge in [0.25, 0.3) is 0 Å². The van der Waals surface area contributed by atoms with E-state index in [0.29, 0.717) is 11.1 Å². The van der Waals surface area contributed by atoms with Crippen molar-refractivity contribution in [1.82, 2.24) is 0 Å². The summed E-state index contributed by atoms with van der Waals surface area (Å²) < 4.78 is 4.57. The van der Waals surface area contributed by atoms with Gasteiger partial charge < -0.3 is 4.74 Å². The maximum atomic E-state index is 11.1. The normalized spacial score (nSPS) is 10.6. The van der Waals surface area contributed by atoms with E-state index in [1.54, 1.807) is 37.3 Å². The first-order valence-corrected chi connectivity index (χ1v) is 4.44. The van der Waals surface area contributed by atoms with Gasteiger partial charge in [-0.1, -0.05) is 12.1 Å². The molecule has 3 heteroatoms. The lowest BCUT2D eigenvalue weighted by Gasteiger charge is -1.98. The molecule has 0 aliphatic heterocycles. The van der Waals surface area contributed by atoms with Gasteiger partial charge in [-0.05, 0) is 30.7 Å². The zero-order chi connectivity index (χ0) is 11.3. The number of nitriles is 1. The van der Waals surface area contributed by atoms with Gasteiger partial charge in [-0.15, -0.1) is 0 Å². The number of carbonyl (C=O) groups is 1. The molecule has 0 heterocycles. The third kappa shape index (κ3) is 2.96. The van der Waals surface area contributed by atoms with Crippen LogP contribution in [-0.4, -0.2) is 13.1 Å². The van der Waals surface area contributed by atoms with Gasteiger partial charge in [0, 0.05) is 5.57 Å². The van der Waals surface area contributed by atoms with Gasteiger partial charge in [0.1, 0.15) is 0 Å². The molecule has 0 saturated heterocycles. The Morgan fingerprint density at radius 3 is 2.47 bits per heavy atom. The molecule has 0 fully saturated rings. The number of nitrogens with zero attached hydrogens (tertiary/aromatic N) is 1. The van der Waals surface area contributed by atoms with Gasteiger partial charge in [0.2, 0.25) is 0 Å². The zero-order valence-electron chi connectivity index (χ0n) is 8.65. The largest absolute Gasteiger partial charge is 0.466 e. The molecule has 1 rings (SSSR count). The van der Waals surface area contributed by atoms with Crippen LogP contribution < -0.4 is 0 Å². The van der Waals surface area contributed by atoms with Crippen molar-refractivity contribution in [3.05, 3.63) is 41.0 Å². The highest BCUT2D eigenvalue weighted by molar-refractivity contribution is 5.92. The first kappa shape index (κ1) is 11.0. The van der Waals surface area contributed by atoms with Crippen LogP contribution in [0, 0.1) is 11.3 Å². The third-order valence-electron chi connectivity index (χ3n) is 1.93. The second-order valence-corrected chi connectivity index (χ2v) is 3.05. The Kier molecular flexibility index (Phi) is 3.64. The molecule has 0 N–H and O–H groups in total. The SMILES string of the molecule is COC(=O)/C(C)=C/c1ccc(C#N)cc1. The van der Waals surface area contributed by atoms with E-state index < -0.39 is 0 Å². The van der Waals surface area contributed by atoms with Crippen LogP contribution in [0.3, 0.4) is 0 Å². The minimum absolute atomic E-state index is 0.348. The predicted molar refractivity (Wildman–Crippen MR) is 56.8 cm³/mol. The van der Waals surface area contributed by atoms with Gasteiger partial charge in [-0.25, -0.2) is 4.79 Å². The van der Waals surface area contributed by atoms with E-state index in [9.17, 15) is 4.79 Å². The van der Waals surface area contributed by atoms with E-state index in [4.69, 9.17) is 5.26 Å². The monoisotopic (exact) mass is 201 g/mol. The van der Waals surface area contributed by atoms with Crippen LogP contribution in [0.25, 0.3) is 6.08 Å². The molecule has 0 aliphatic carbocycles. The topological polar surface area (TPSA) is 50.1 Å². The van der Waals surface area contributed by atoms with Crippen LogP contribution in [0.4, 0.5) is 0 Å². The summed E-state index contributed by atoms with van der Waals surface area (Å²) in [6, 6.07) is 9.00. The van der Waals surface area contributed by atoms with Crippen LogP contribution in [-0.2, 0) is 9.53 Å². The minimum Gasteiger partial charge on any atom is -0.466 e. The lowest BCUT2D eigenvalue weighted by atomic mass is 10.1. The molecule has 0 aliphatic rings. The van der Waals surface area contributed by atoms with E-state index in [1.807, 2.05) is 6.07 Å². The summed E-state index contributed by atoms with van der Waals surface area (Å²) in [5, 5.41) is 8.60. The highest BCUT2D eigenvalue weighted by Crippen LogP contribution is 2.09. The molecule has 76 valence electrons. The van der Waals surface area contributed by atoms with Crippen molar-refractivity contribution < 1.29 is 9.53 Å². The van der Waals surface area contributed by atoms with Gasteiger partial charge in [0.15, 0.2) is 0 Å². The number of ether oxygens (including phenoxy) is 1. The Morgan fingerprint density at radius 1 is 1.40 bits per heavy atom. The first-order valence-electron chi connectivity index (χ1n) is 4.44. The Hall–Kier alpha value is -2.08. The molecule has 0 atom stereocenters. The Bertz CT molecular complexity index is 424. The number of hydrogen-bond donors (Lipinski definition) is 0. The lowest BCUT2D eigenvalue weighted by molar-refractivity contribution is -0.135. The fourth-order valence-electron chi connectivity index (χ4n) is 1.12. The summed E-state index contributed by atoms with van der Waals surface area (Å²) in [7, 11) is 1.35. The average molecular weight is 201 g/mol.